The molecule has 2 aromatic rings. The van der Waals surface area contributed by atoms with Gasteiger partial charge in [0.2, 0.25) is 0 Å². The van der Waals surface area contributed by atoms with E-state index in [0.717, 1.165) is 12.1 Å². The molecular weight excluding hydrogens is 440 g/mol. The van der Waals surface area contributed by atoms with Crippen LogP contribution in [0, 0.1) is 17.0 Å². The molecule has 0 radical (unpaired) electrons. The van der Waals surface area contributed by atoms with E-state index in [9.17, 15) is 28.3 Å². The molecule has 2 atom stereocenters. The monoisotopic (exact) mass is 465 g/mol. The Morgan fingerprint density at radius 3 is 2.58 bits per heavy atom. The number of ether oxygens (including phenoxy) is 1. The van der Waals surface area contributed by atoms with Gasteiger partial charge in [-0.15, -0.1) is 0 Å². The average Bonchev–Trinajstić information content (AvgIpc) is 3.18. The van der Waals surface area contributed by atoms with Crippen molar-refractivity contribution in [2.45, 2.75) is 45.8 Å². The largest absolute Gasteiger partial charge is 0.481 e. The van der Waals surface area contributed by atoms with E-state index < -0.39 is 46.7 Å². The van der Waals surface area contributed by atoms with Crippen molar-refractivity contribution in [2.24, 2.45) is 5.41 Å². The molecule has 33 heavy (non-hydrogen) atoms. The minimum atomic E-state index is -1.50. The maximum atomic E-state index is 14.0. The summed E-state index contributed by atoms with van der Waals surface area (Å²) in [6.45, 7) is 6.55. The van der Waals surface area contributed by atoms with Crippen LogP contribution >= 0.6 is 0 Å². The first-order valence-electron chi connectivity index (χ1n) is 10.2. The standard InChI is InChI=1S/C22H25F2N3O6/c1-21(2,3)32-20(31)27-8-7-17(22(4,11-27)19(29)30)25-18(28)15-10-16(33-26-15)13-6-5-12(23)9-14(13)24/h5-6,9-10,17H,7-8,11H2,1-4H3,(H,25,28)(H,29,30). The van der Waals surface area contributed by atoms with Gasteiger partial charge in [-0.05, 0) is 46.2 Å². The topological polar surface area (TPSA) is 122 Å². The summed E-state index contributed by atoms with van der Waals surface area (Å²) in [7, 11) is 0. The second-order valence-electron chi connectivity index (χ2n) is 9.14. The van der Waals surface area contributed by atoms with Crippen molar-refractivity contribution in [3.8, 4) is 11.3 Å². The number of aliphatic carboxylic acids is 1. The van der Waals surface area contributed by atoms with E-state index in [1.54, 1.807) is 20.8 Å². The molecular formula is C22H25F2N3O6. The molecule has 1 saturated heterocycles. The van der Waals surface area contributed by atoms with Gasteiger partial charge >= 0.3 is 12.1 Å². The molecule has 2 N–H and O–H groups in total. The molecule has 0 bridgehead atoms. The van der Waals surface area contributed by atoms with Crippen LogP contribution in [0.3, 0.4) is 0 Å². The van der Waals surface area contributed by atoms with Crippen molar-refractivity contribution < 1.29 is 37.5 Å². The minimum absolute atomic E-state index is 0.0796. The Morgan fingerprint density at radius 1 is 1.27 bits per heavy atom. The van der Waals surface area contributed by atoms with Crippen LogP contribution in [0.15, 0.2) is 28.8 Å². The molecule has 9 nitrogen and oxygen atoms in total. The van der Waals surface area contributed by atoms with Crippen LogP contribution in [0.5, 0.6) is 0 Å². The zero-order valence-electron chi connectivity index (χ0n) is 18.6. The van der Waals surface area contributed by atoms with Crippen LogP contribution in [-0.2, 0) is 9.53 Å². The SMILES string of the molecule is CC(C)(C)OC(=O)N1CCC(NC(=O)c2cc(-c3ccc(F)cc3F)on2)C(C)(C(=O)O)C1. The highest BCUT2D eigenvalue weighted by atomic mass is 19.1. The number of carboxylic acids is 1. The Morgan fingerprint density at radius 2 is 1.97 bits per heavy atom. The molecule has 2 amide bonds. The summed E-state index contributed by atoms with van der Waals surface area (Å²) in [5.74, 6) is -3.66. The molecule has 2 heterocycles. The Hall–Kier alpha value is -3.50. The fourth-order valence-corrected chi connectivity index (χ4v) is 3.55. The number of likely N-dealkylation sites (tertiary alicyclic amines) is 1. The molecule has 1 aromatic heterocycles. The van der Waals surface area contributed by atoms with Crippen molar-refractivity contribution in [1.82, 2.24) is 15.4 Å². The number of carbonyl (C=O) groups is 3. The van der Waals surface area contributed by atoms with Gasteiger partial charge in [0.15, 0.2) is 11.5 Å². The summed E-state index contributed by atoms with van der Waals surface area (Å²) < 4.78 is 37.4. The quantitative estimate of drug-likeness (QED) is 0.709. The van der Waals surface area contributed by atoms with Crippen molar-refractivity contribution in [3.05, 3.63) is 41.6 Å². The van der Waals surface area contributed by atoms with Gasteiger partial charge in [-0.1, -0.05) is 5.16 Å². The third-order valence-corrected chi connectivity index (χ3v) is 5.36. The van der Waals surface area contributed by atoms with E-state index >= 15 is 0 Å². The number of rotatable bonds is 4. The van der Waals surface area contributed by atoms with E-state index in [1.807, 2.05) is 0 Å². The third kappa shape index (κ3) is 5.29. The Kier molecular flexibility index (Phi) is 6.44. The first-order chi connectivity index (χ1) is 15.3. The lowest BCUT2D eigenvalue weighted by atomic mass is 9.77. The Balaban J connectivity index is 1.74. The third-order valence-electron chi connectivity index (χ3n) is 5.36. The summed E-state index contributed by atoms with van der Waals surface area (Å²) in [6.07, 6.45) is -0.479. The van der Waals surface area contributed by atoms with Crippen LogP contribution in [0.1, 0.15) is 44.6 Å². The summed E-state index contributed by atoms with van der Waals surface area (Å²) in [5, 5.41) is 16.1. The van der Waals surface area contributed by atoms with Crippen LogP contribution in [0.25, 0.3) is 11.3 Å². The van der Waals surface area contributed by atoms with Gasteiger partial charge in [0, 0.05) is 31.3 Å². The minimum Gasteiger partial charge on any atom is -0.481 e. The highest BCUT2D eigenvalue weighted by Crippen LogP contribution is 2.32. The molecule has 0 spiro atoms. The molecule has 1 aliphatic heterocycles. The zero-order chi connectivity index (χ0) is 24.6. The fraction of sp³-hybridized carbons (Fsp3) is 0.455. The second-order valence-corrected chi connectivity index (χ2v) is 9.14. The predicted molar refractivity (Wildman–Crippen MR) is 111 cm³/mol. The smallest absolute Gasteiger partial charge is 0.410 e. The number of piperidine rings is 1. The lowest BCUT2D eigenvalue weighted by Gasteiger charge is -2.43. The first kappa shape index (κ1) is 24.1. The van der Waals surface area contributed by atoms with Crippen LogP contribution in [0.2, 0.25) is 0 Å². The number of aromatic nitrogens is 1. The van der Waals surface area contributed by atoms with Crippen molar-refractivity contribution in [3.63, 3.8) is 0 Å². The number of hydrogen-bond acceptors (Lipinski definition) is 6. The highest BCUT2D eigenvalue weighted by molar-refractivity contribution is 5.94. The maximum Gasteiger partial charge on any atom is 0.410 e. The predicted octanol–water partition coefficient (Wildman–Crippen LogP) is 3.45. The van der Waals surface area contributed by atoms with Crippen LogP contribution in [0.4, 0.5) is 13.6 Å². The molecule has 2 unspecified atom stereocenters. The van der Waals surface area contributed by atoms with Crippen molar-refractivity contribution in [2.75, 3.05) is 13.1 Å². The Bertz CT molecular complexity index is 1080. The molecule has 1 aliphatic rings. The van der Waals surface area contributed by atoms with Gasteiger partial charge in [0.1, 0.15) is 22.7 Å². The normalized spacial score (nSPS) is 20.9. The van der Waals surface area contributed by atoms with Crippen LogP contribution < -0.4 is 5.32 Å². The van der Waals surface area contributed by atoms with Gasteiger partial charge in [-0.25, -0.2) is 13.6 Å². The van der Waals surface area contributed by atoms with Gasteiger partial charge in [0.05, 0.1) is 5.56 Å². The molecule has 178 valence electrons. The van der Waals surface area contributed by atoms with E-state index in [4.69, 9.17) is 9.26 Å². The average molecular weight is 465 g/mol. The highest BCUT2D eigenvalue weighted by Gasteiger charge is 2.48. The second kappa shape index (κ2) is 8.80. The summed E-state index contributed by atoms with van der Waals surface area (Å²) in [4.78, 5) is 38.5. The summed E-state index contributed by atoms with van der Waals surface area (Å²) >= 11 is 0. The van der Waals surface area contributed by atoms with Gasteiger partial charge in [-0.3, -0.25) is 9.59 Å². The lowest BCUT2D eigenvalue weighted by Crippen LogP contribution is -2.61. The van der Waals surface area contributed by atoms with Crippen LogP contribution in [-0.4, -0.2) is 57.9 Å². The van der Waals surface area contributed by atoms with Gasteiger partial charge in [-0.2, -0.15) is 0 Å². The van der Waals surface area contributed by atoms with Crippen molar-refractivity contribution >= 4 is 18.0 Å². The number of carboxylic acid groups (broad SMARTS) is 1. The van der Waals surface area contributed by atoms with E-state index in [-0.39, 0.29) is 36.5 Å². The number of halogens is 2. The number of carbonyl (C=O) groups excluding carboxylic acids is 2. The maximum absolute atomic E-state index is 14.0. The van der Waals surface area contributed by atoms with Gasteiger partial charge < -0.3 is 24.6 Å². The number of benzene rings is 1. The van der Waals surface area contributed by atoms with Gasteiger partial charge in [0.25, 0.3) is 5.91 Å². The zero-order valence-corrected chi connectivity index (χ0v) is 18.6. The molecule has 3 rings (SSSR count). The number of nitrogens with one attached hydrogen (secondary N) is 1. The van der Waals surface area contributed by atoms with E-state index in [0.29, 0.717) is 6.07 Å². The fourth-order valence-electron chi connectivity index (χ4n) is 3.55. The molecule has 0 saturated carbocycles. The van der Waals surface area contributed by atoms with E-state index in [2.05, 4.69) is 10.5 Å². The number of hydrogen-bond donors (Lipinski definition) is 2. The first-order valence-corrected chi connectivity index (χ1v) is 10.2. The molecule has 1 aromatic carbocycles. The summed E-state index contributed by atoms with van der Waals surface area (Å²) in [6, 6.07) is 3.22. The Labute approximate surface area is 188 Å². The van der Waals surface area contributed by atoms with E-state index in [1.165, 1.54) is 17.9 Å². The number of amides is 2. The van der Waals surface area contributed by atoms with Crippen molar-refractivity contribution in [1.29, 1.82) is 0 Å². The summed E-state index contributed by atoms with van der Waals surface area (Å²) in [5.41, 5.74) is -2.52. The number of nitrogens with zero attached hydrogens (tertiary/aromatic N) is 2. The molecule has 0 aliphatic carbocycles. The molecule has 11 heteroatoms. The molecule has 1 fully saturated rings. The lowest BCUT2D eigenvalue weighted by molar-refractivity contribution is -0.152.